The smallest absolute Gasteiger partial charge is 0.274 e. The van der Waals surface area contributed by atoms with Gasteiger partial charge in [-0.25, -0.2) is 4.98 Å². The number of aromatic amines is 1. The van der Waals surface area contributed by atoms with Gasteiger partial charge in [0.25, 0.3) is 5.91 Å². The zero-order valence-electron chi connectivity index (χ0n) is 13.4. The van der Waals surface area contributed by atoms with Crippen LogP contribution in [-0.2, 0) is 13.0 Å². The van der Waals surface area contributed by atoms with Crippen LogP contribution in [0.15, 0.2) is 18.5 Å². The molecule has 3 heterocycles. The number of nitrogens with zero attached hydrogens (tertiary/aromatic N) is 4. The van der Waals surface area contributed by atoms with Gasteiger partial charge in [-0.1, -0.05) is 13.8 Å². The molecule has 22 heavy (non-hydrogen) atoms. The molecule has 0 saturated heterocycles. The van der Waals surface area contributed by atoms with Gasteiger partial charge < -0.3 is 9.47 Å². The second-order valence-corrected chi connectivity index (χ2v) is 6.44. The van der Waals surface area contributed by atoms with Crippen LogP contribution in [0.3, 0.4) is 0 Å². The first-order chi connectivity index (χ1) is 10.5. The highest BCUT2D eigenvalue weighted by Gasteiger charge is 2.23. The summed E-state index contributed by atoms with van der Waals surface area (Å²) in [7, 11) is 1.85. The summed E-state index contributed by atoms with van der Waals surface area (Å²) in [5, 5.41) is 7.09. The summed E-state index contributed by atoms with van der Waals surface area (Å²) in [6.07, 6.45) is 5.89. The van der Waals surface area contributed by atoms with E-state index in [9.17, 15) is 4.79 Å². The summed E-state index contributed by atoms with van der Waals surface area (Å²) in [6.45, 7) is 5.89. The van der Waals surface area contributed by atoms with Gasteiger partial charge in [-0.2, -0.15) is 5.10 Å². The Labute approximate surface area is 130 Å². The molecule has 118 valence electrons. The van der Waals surface area contributed by atoms with Crippen LogP contribution >= 0.6 is 0 Å². The minimum absolute atomic E-state index is 0.0166. The molecule has 6 nitrogen and oxygen atoms in total. The van der Waals surface area contributed by atoms with Crippen molar-refractivity contribution >= 4 is 5.91 Å². The Morgan fingerprint density at radius 3 is 3.09 bits per heavy atom. The lowest BCUT2D eigenvalue weighted by Gasteiger charge is -2.27. The highest BCUT2D eigenvalue weighted by Crippen LogP contribution is 2.20. The number of fused-ring (bicyclic) bond motifs is 1. The van der Waals surface area contributed by atoms with E-state index in [4.69, 9.17) is 0 Å². The topological polar surface area (TPSA) is 66.8 Å². The maximum Gasteiger partial charge on any atom is 0.274 e. The van der Waals surface area contributed by atoms with E-state index in [1.54, 1.807) is 4.90 Å². The molecule has 0 fully saturated rings. The van der Waals surface area contributed by atoms with Crippen molar-refractivity contribution < 1.29 is 4.79 Å². The van der Waals surface area contributed by atoms with E-state index < -0.39 is 0 Å². The third kappa shape index (κ3) is 2.91. The number of imidazole rings is 1. The van der Waals surface area contributed by atoms with Crippen LogP contribution < -0.4 is 0 Å². The van der Waals surface area contributed by atoms with Crippen LogP contribution in [0.5, 0.6) is 0 Å². The van der Waals surface area contributed by atoms with Gasteiger partial charge >= 0.3 is 0 Å². The van der Waals surface area contributed by atoms with Gasteiger partial charge in [0, 0.05) is 44.6 Å². The lowest BCUT2D eigenvalue weighted by atomic mass is 9.97. The van der Waals surface area contributed by atoms with E-state index in [2.05, 4.69) is 33.6 Å². The second-order valence-electron chi connectivity index (χ2n) is 6.44. The number of carbonyl (C=O) groups excluding carboxylic acids is 1. The van der Waals surface area contributed by atoms with Crippen molar-refractivity contribution in [1.82, 2.24) is 24.6 Å². The van der Waals surface area contributed by atoms with Gasteiger partial charge in [0.15, 0.2) is 0 Å². The number of hydrogen-bond donors (Lipinski definition) is 1. The van der Waals surface area contributed by atoms with Crippen molar-refractivity contribution in [2.24, 2.45) is 5.92 Å². The first kappa shape index (κ1) is 14.8. The first-order valence-corrected chi connectivity index (χ1v) is 7.85. The summed E-state index contributed by atoms with van der Waals surface area (Å²) in [4.78, 5) is 18.6. The monoisotopic (exact) mass is 301 g/mol. The Bertz CT molecular complexity index is 657. The number of hydrogen-bond acceptors (Lipinski definition) is 3. The van der Waals surface area contributed by atoms with Gasteiger partial charge in [-0.3, -0.25) is 9.89 Å². The highest BCUT2D eigenvalue weighted by atomic mass is 16.2. The predicted octanol–water partition coefficient (Wildman–Crippen LogP) is 2.06. The molecule has 1 amide bonds. The fourth-order valence-electron chi connectivity index (χ4n) is 2.98. The average Bonchev–Trinajstić information content (AvgIpc) is 3.15. The van der Waals surface area contributed by atoms with Crippen molar-refractivity contribution in [3.05, 3.63) is 35.7 Å². The molecule has 6 heteroatoms. The molecule has 1 aliphatic rings. The summed E-state index contributed by atoms with van der Waals surface area (Å²) in [5.74, 6) is 1.92. The van der Waals surface area contributed by atoms with Crippen molar-refractivity contribution in [3.63, 3.8) is 0 Å². The van der Waals surface area contributed by atoms with Crippen molar-refractivity contribution in [2.45, 2.75) is 39.2 Å². The molecule has 1 unspecified atom stereocenters. The number of rotatable bonds is 4. The van der Waals surface area contributed by atoms with E-state index in [0.717, 1.165) is 37.4 Å². The molecule has 1 aliphatic heterocycles. The first-order valence-electron chi connectivity index (χ1n) is 7.85. The molecule has 1 atom stereocenters. The molecule has 0 radical (unpaired) electrons. The standard InChI is InChI=1S/C16H23N5O/c1-11(2)13-9-14(19-18-13)16(22)20(3)10-12-4-6-21-7-5-17-15(21)8-12/h5,7,9,11-12H,4,6,8,10H2,1-3H3,(H,18,19). The van der Waals surface area contributed by atoms with Crippen molar-refractivity contribution in [3.8, 4) is 0 Å². The van der Waals surface area contributed by atoms with Gasteiger partial charge in [-0.15, -0.1) is 0 Å². The van der Waals surface area contributed by atoms with Crippen molar-refractivity contribution in [1.29, 1.82) is 0 Å². The van der Waals surface area contributed by atoms with E-state index in [1.807, 2.05) is 25.5 Å². The molecule has 0 aromatic carbocycles. The number of H-pyrrole nitrogens is 1. The average molecular weight is 301 g/mol. The SMILES string of the molecule is CC(C)c1cc(C(=O)N(C)CC2CCn3ccnc3C2)n[nH]1. The Kier molecular flexibility index (Phi) is 4.00. The Morgan fingerprint density at radius 1 is 1.55 bits per heavy atom. The van der Waals surface area contributed by atoms with Gasteiger partial charge in [-0.05, 0) is 24.3 Å². The van der Waals surface area contributed by atoms with E-state index >= 15 is 0 Å². The number of aryl methyl sites for hydroxylation is 1. The molecule has 0 bridgehead atoms. The molecule has 2 aromatic heterocycles. The summed E-state index contributed by atoms with van der Waals surface area (Å²) >= 11 is 0. The predicted molar refractivity (Wildman–Crippen MR) is 83.7 cm³/mol. The third-order valence-electron chi connectivity index (χ3n) is 4.37. The fraction of sp³-hybridized carbons (Fsp3) is 0.562. The van der Waals surface area contributed by atoms with Crippen LogP contribution in [0.2, 0.25) is 0 Å². The molecule has 1 N–H and O–H groups in total. The van der Waals surface area contributed by atoms with Crippen LogP contribution in [0.1, 0.15) is 48.2 Å². The second kappa shape index (κ2) is 5.94. The molecule has 0 spiro atoms. The minimum Gasteiger partial charge on any atom is -0.340 e. The maximum atomic E-state index is 12.5. The Morgan fingerprint density at radius 2 is 2.36 bits per heavy atom. The van der Waals surface area contributed by atoms with Crippen LogP contribution in [-0.4, -0.2) is 44.1 Å². The number of amides is 1. The fourth-order valence-corrected chi connectivity index (χ4v) is 2.98. The molecular formula is C16H23N5O. The van der Waals surface area contributed by atoms with Gasteiger partial charge in [0.05, 0.1) is 0 Å². The molecular weight excluding hydrogens is 278 g/mol. The van der Waals surface area contributed by atoms with Crippen LogP contribution in [0, 0.1) is 5.92 Å². The largest absolute Gasteiger partial charge is 0.340 e. The number of nitrogens with one attached hydrogen (secondary N) is 1. The summed E-state index contributed by atoms with van der Waals surface area (Å²) in [5.41, 5.74) is 1.50. The molecule has 3 rings (SSSR count). The van der Waals surface area contributed by atoms with Crippen LogP contribution in [0.25, 0.3) is 0 Å². The van der Waals surface area contributed by atoms with E-state index in [-0.39, 0.29) is 5.91 Å². The lowest BCUT2D eigenvalue weighted by molar-refractivity contribution is 0.0758. The normalized spacial score (nSPS) is 17.5. The molecule has 0 saturated carbocycles. The van der Waals surface area contributed by atoms with Crippen molar-refractivity contribution in [2.75, 3.05) is 13.6 Å². The maximum absolute atomic E-state index is 12.5. The Balaban J connectivity index is 1.62. The van der Waals surface area contributed by atoms with E-state index in [0.29, 0.717) is 17.5 Å². The minimum atomic E-state index is -0.0166. The summed E-state index contributed by atoms with van der Waals surface area (Å²) in [6, 6.07) is 1.86. The summed E-state index contributed by atoms with van der Waals surface area (Å²) < 4.78 is 2.20. The molecule has 0 aliphatic carbocycles. The number of carbonyl (C=O) groups is 1. The highest BCUT2D eigenvalue weighted by molar-refractivity contribution is 5.92. The lowest BCUT2D eigenvalue weighted by Crippen LogP contribution is -2.35. The quantitative estimate of drug-likeness (QED) is 0.940. The zero-order valence-corrected chi connectivity index (χ0v) is 13.4. The third-order valence-corrected chi connectivity index (χ3v) is 4.37. The van der Waals surface area contributed by atoms with E-state index in [1.165, 1.54) is 0 Å². The molecule has 2 aromatic rings. The zero-order chi connectivity index (χ0) is 15.7. The van der Waals surface area contributed by atoms with Gasteiger partial charge in [0.1, 0.15) is 11.5 Å². The Hall–Kier alpha value is -2.11. The number of aromatic nitrogens is 4. The van der Waals surface area contributed by atoms with Gasteiger partial charge in [0.2, 0.25) is 0 Å². The van der Waals surface area contributed by atoms with Crippen LogP contribution in [0.4, 0.5) is 0 Å².